The molecule has 0 radical (unpaired) electrons. The molecular formula is C13H8N4. The van der Waals surface area contributed by atoms with Crippen LogP contribution in [0.3, 0.4) is 0 Å². The highest BCUT2D eigenvalue weighted by molar-refractivity contribution is 5.60. The molecule has 2 rings (SSSR count). The van der Waals surface area contributed by atoms with Crippen molar-refractivity contribution in [2.75, 3.05) is 5.32 Å². The Kier molecular flexibility index (Phi) is 3.00. The molecule has 0 saturated carbocycles. The van der Waals surface area contributed by atoms with E-state index in [1.807, 2.05) is 18.2 Å². The Hall–Kier alpha value is -2.85. The molecule has 1 heterocycles. The minimum Gasteiger partial charge on any atom is -0.355 e. The summed E-state index contributed by atoms with van der Waals surface area (Å²) in [6, 6.07) is 14.6. The molecule has 1 aromatic heterocycles. The minimum absolute atomic E-state index is 0.364. The van der Waals surface area contributed by atoms with Crippen molar-refractivity contribution in [3.63, 3.8) is 0 Å². The molecule has 0 fully saturated rings. The van der Waals surface area contributed by atoms with Gasteiger partial charge in [0.1, 0.15) is 11.8 Å². The summed E-state index contributed by atoms with van der Waals surface area (Å²) in [7, 11) is 0. The lowest BCUT2D eigenvalue weighted by atomic mass is 10.2. The third-order valence-corrected chi connectivity index (χ3v) is 2.18. The van der Waals surface area contributed by atoms with Crippen LogP contribution in [0.25, 0.3) is 0 Å². The van der Waals surface area contributed by atoms with E-state index in [9.17, 15) is 0 Å². The van der Waals surface area contributed by atoms with Gasteiger partial charge >= 0.3 is 0 Å². The molecule has 0 aliphatic carbocycles. The first-order chi connectivity index (χ1) is 8.31. The van der Waals surface area contributed by atoms with Gasteiger partial charge in [0.25, 0.3) is 0 Å². The van der Waals surface area contributed by atoms with Crippen molar-refractivity contribution >= 4 is 11.4 Å². The maximum atomic E-state index is 8.72. The van der Waals surface area contributed by atoms with Crippen LogP contribution >= 0.6 is 0 Å². The summed E-state index contributed by atoms with van der Waals surface area (Å²) in [5.74, 6) is 0. The zero-order valence-electron chi connectivity index (χ0n) is 8.88. The van der Waals surface area contributed by atoms with Crippen LogP contribution in [0.1, 0.15) is 11.3 Å². The highest BCUT2D eigenvalue weighted by atomic mass is 14.9. The summed E-state index contributed by atoms with van der Waals surface area (Å²) in [4.78, 5) is 3.88. The van der Waals surface area contributed by atoms with E-state index < -0.39 is 0 Å². The van der Waals surface area contributed by atoms with Gasteiger partial charge in [0.05, 0.1) is 11.6 Å². The van der Waals surface area contributed by atoms with E-state index in [4.69, 9.17) is 10.5 Å². The van der Waals surface area contributed by atoms with Crippen LogP contribution in [0.15, 0.2) is 42.6 Å². The zero-order chi connectivity index (χ0) is 12.1. The largest absolute Gasteiger partial charge is 0.355 e. The topological polar surface area (TPSA) is 72.5 Å². The lowest BCUT2D eigenvalue weighted by Crippen LogP contribution is -1.92. The van der Waals surface area contributed by atoms with Crippen molar-refractivity contribution in [3.8, 4) is 12.1 Å². The van der Waals surface area contributed by atoms with Gasteiger partial charge in [-0.05, 0) is 36.4 Å². The molecule has 0 aliphatic heterocycles. The number of rotatable bonds is 2. The summed E-state index contributed by atoms with van der Waals surface area (Å²) in [6.45, 7) is 0. The van der Waals surface area contributed by atoms with Crippen molar-refractivity contribution in [1.82, 2.24) is 4.98 Å². The lowest BCUT2D eigenvalue weighted by molar-refractivity contribution is 1.26. The van der Waals surface area contributed by atoms with Crippen LogP contribution in [0.5, 0.6) is 0 Å². The molecule has 1 N–H and O–H groups in total. The number of nitriles is 2. The molecule has 1 aromatic carbocycles. The Morgan fingerprint density at radius 2 is 1.71 bits per heavy atom. The van der Waals surface area contributed by atoms with Gasteiger partial charge in [-0.25, -0.2) is 4.98 Å². The van der Waals surface area contributed by atoms with Crippen LogP contribution in [0, 0.1) is 22.7 Å². The first kappa shape index (κ1) is 10.7. The number of hydrogen-bond acceptors (Lipinski definition) is 4. The summed E-state index contributed by atoms with van der Waals surface area (Å²) in [6.07, 6.45) is 1.57. The molecule has 0 amide bonds. The predicted molar refractivity (Wildman–Crippen MR) is 63.4 cm³/mol. The van der Waals surface area contributed by atoms with Gasteiger partial charge in [0.2, 0.25) is 0 Å². The second-order valence-corrected chi connectivity index (χ2v) is 3.36. The van der Waals surface area contributed by atoms with Crippen LogP contribution in [-0.2, 0) is 0 Å². The molecule has 0 unspecified atom stereocenters. The van der Waals surface area contributed by atoms with Crippen molar-refractivity contribution in [2.45, 2.75) is 0 Å². The van der Waals surface area contributed by atoms with Gasteiger partial charge < -0.3 is 5.32 Å². The molecule has 17 heavy (non-hydrogen) atoms. The Balaban J connectivity index is 2.20. The molecule has 0 bridgehead atoms. The van der Waals surface area contributed by atoms with E-state index in [2.05, 4.69) is 16.4 Å². The van der Waals surface area contributed by atoms with Crippen LogP contribution in [-0.4, -0.2) is 4.98 Å². The van der Waals surface area contributed by atoms with E-state index >= 15 is 0 Å². The van der Waals surface area contributed by atoms with Crippen molar-refractivity contribution < 1.29 is 0 Å². The first-order valence-corrected chi connectivity index (χ1v) is 4.95. The molecule has 0 atom stereocenters. The molecular weight excluding hydrogens is 212 g/mol. The molecule has 0 saturated heterocycles. The van der Waals surface area contributed by atoms with Gasteiger partial charge in [-0.1, -0.05) is 0 Å². The van der Waals surface area contributed by atoms with Crippen molar-refractivity contribution in [3.05, 3.63) is 53.9 Å². The Bertz CT molecular complexity index is 603. The third kappa shape index (κ3) is 2.58. The summed E-state index contributed by atoms with van der Waals surface area (Å²) < 4.78 is 0. The lowest BCUT2D eigenvalue weighted by Gasteiger charge is -2.05. The number of benzene rings is 1. The Morgan fingerprint density at radius 3 is 2.35 bits per heavy atom. The number of anilines is 2. The molecule has 4 nitrogen and oxygen atoms in total. The highest BCUT2D eigenvalue weighted by Crippen LogP contribution is 2.16. The van der Waals surface area contributed by atoms with Gasteiger partial charge in [0, 0.05) is 17.6 Å². The number of hydrogen-bond donors (Lipinski definition) is 1. The monoisotopic (exact) mass is 220 g/mol. The number of nitrogens with one attached hydrogen (secondary N) is 1. The van der Waals surface area contributed by atoms with E-state index in [0.29, 0.717) is 11.3 Å². The molecule has 2 aromatic rings. The molecule has 0 aliphatic rings. The van der Waals surface area contributed by atoms with Crippen molar-refractivity contribution in [2.24, 2.45) is 0 Å². The summed E-state index contributed by atoms with van der Waals surface area (Å²) >= 11 is 0. The highest BCUT2D eigenvalue weighted by Gasteiger charge is 1.97. The molecule has 0 spiro atoms. The number of aromatic nitrogens is 1. The second kappa shape index (κ2) is 4.78. The van der Waals surface area contributed by atoms with E-state index in [0.717, 1.165) is 11.4 Å². The summed E-state index contributed by atoms with van der Waals surface area (Å²) in [5, 5.41) is 20.5. The molecule has 4 heteroatoms. The fraction of sp³-hybridized carbons (Fsp3) is 0. The second-order valence-electron chi connectivity index (χ2n) is 3.36. The van der Waals surface area contributed by atoms with Gasteiger partial charge in [-0.15, -0.1) is 0 Å². The first-order valence-electron chi connectivity index (χ1n) is 4.95. The predicted octanol–water partition coefficient (Wildman–Crippen LogP) is 2.57. The van der Waals surface area contributed by atoms with Gasteiger partial charge in [-0.3, -0.25) is 0 Å². The minimum atomic E-state index is 0.364. The zero-order valence-corrected chi connectivity index (χ0v) is 8.88. The van der Waals surface area contributed by atoms with E-state index in [1.54, 1.807) is 30.5 Å². The fourth-order valence-electron chi connectivity index (χ4n) is 1.36. The number of pyridine rings is 1. The third-order valence-electron chi connectivity index (χ3n) is 2.18. The SMILES string of the molecule is N#Cc1ccc(Nc2ccnc(C#N)c2)cc1. The van der Waals surface area contributed by atoms with Crippen LogP contribution in [0.2, 0.25) is 0 Å². The smallest absolute Gasteiger partial charge is 0.142 e. The van der Waals surface area contributed by atoms with Crippen LogP contribution < -0.4 is 5.32 Å². The number of nitrogens with zero attached hydrogens (tertiary/aromatic N) is 3. The average Bonchev–Trinajstić information content (AvgIpc) is 2.40. The quantitative estimate of drug-likeness (QED) is 0.844. The van der Waals surface area contributed by atoms with Gasteiger partial charge in [0.15, 0.2) is 0 Å². The maximum Gasteiger partial charge on any atom is 0.142 e. The normalized spacial score (nSPS) is 9.06. The maximum absolute atomic E-state index is 8.72. The Labute approximate surface area is 98.8 Å². The van der Waals surface area contributed by atoms with E-state index in [-0.39, 0.29) is 0 Å². The molecule has 80 valence electrons. The standard InChI is InChI=1S/C13H8N4/c14-8-10-1-3-11(4-2-10)17-12-5-6-16-13(7-12)9-15/h1-7H,(H,16,17). The Morgan fingerprint density at radius 1 is 0.941 bits per heavy atom. The summed E-state index contributed by atoms with van der Waals surface area (Å²) in [5.41, 5.74) is 2.63. The fourth-order valence-corrected chi connectivity index (χ4v) is 1.36. The van der Waals surface area contributed by atoms with E-state index in [1.165, 1.54) is 0 Å². The van der Waals surface area contributed by atoms with Gasteiger partial charge in [-0.2, -0.15) is 10.5 Å². The van der Waals surface area contributed by atoms with Crippen molar-refractivity contribution in [1.29, 1.82) is 10.5 Å². The average molecular weight is 220 g/mol. The van der Waals surface area contributed by atoms with Crippen LogP contribution in [0.4, 0.5) is 11.4 Å².